The first-order chi connectivity index (χ1) is 8.00. The largest absolute Gasteiger partial charge is 0.497 e. The summed E-state index contributed by atoms with van der Waals surface area (Å²) in [5.41, 5.74) is 1.09. The highest BCUT2D eigenvalue weighted by molar-refractivity contribution is 5.32. The van der Waals surface area contributed by atoms with Gasteiger partial charge in [-0.2, -0.15) is 5.10 Å². The Morgan fingerprint density at radius 1 is 1.24 bits per heavy atom. The Labute approximate surface area is 101 Å². The summed E-state index contributed by atoms with van der Waals surface area (Å²) in [6.45, 7) is 6.41. The Balaban J connectivity index is 2.37. The first kappa shape index (κ1) is 11.6. The van der Waals surface area contributed by atoms with E-state index in [1.165, 1.54) is 0 Å². The van der Waals surface area contributed by atoms with Gasteiger partial charge in [0.2, 0.25) is 0 Å². The van der Waals surface area contributed by atoms with E-state index in [1.807, 2.05) is 24.4 Å². The van der Waals surface area contributed by atoms with Crippen LogP contribution in [0.1, 0.15) is 26.5 Å². The molecule has 0 spiro atoms. The molecule has 0 saturated carbocycles. The highest BCUT2D eigenvalue weighted by Gasteiger charge is 2.17. The lowest BCUT2D eigenvalue weighted by Crippen LogP contribution is -2.12. The molecule has 0 aliphatic heterocycles. The third kappa shape index (κ3) is 2.46. The van der Waals surface area contributed by atoms with Crippen LogP contribution in [0.3, 0.4) is 0 Å². The van der Waals surface area contributed by atoms with Gasteiger partial charge in [-0.1, -0.05) is 20.8 Å². The van der Waals surface area contributed by atoms with E-state index in [-0.39, 0.29) is 5.41 Å². The molecule has 0 bridgehead atoms. The fourth-order valence-corrected chi connectivity index (χ4v) is 1.50. The molecule has 2 aromatic heterocycles. The van der Waals surface area contributed by atoms with Gasteiger partial charge in [0.25, 0.3) is 0 Å². The normalized spacial score (nSPS) is 11.5. The maximum atomic E-state index is 5.17. The van der Waals surface area contributed by atoms with Crippen molar-refractivity contribution in [2.24, 2.45) is 0 Å². The van der Waals surface area contributed by atoms with Crippen molar-refractivity contribution in [3.63, 3.8) is 0 Å². The van der Waals surface area contributed by atoms with E-state index in [0.29, 0.717) is 0 Å². The van der Waals surface area contributed by atoms with Crippen molar-refractivity contribution in [2.45, 2.75) is 26.2 Å². The third-order valence-electron chi connectivity index (χ3n) is 2.54. The molecule has 0 N–H and O–H groups in total. The summed E-state index contributed by atoms with van der Waals surface area (Å²) in [7, 11) is 1.64. The number of pyridine rings is 1. The lowest BCUT2D eigenvalue weighted by molar-refractivity contribution is 0.413. The predicted molar refractivity (Wildman–Crippen MR) is 66.6 cm³/mol. The van der Waals surface area contributed by atoms with E-state index in [4.69, 9.17) is 4.74 Å². The van der Waals surface area contributed by atoms with Crippen molar-refractivity contribution in [2.75, 3.05) is 7.11 Å². The number of nitrogens with zero attached hydrogens (tertiary/aromatic N) is 3. The topological polar surface area (TPSA) is 39.9 Å². The van der Waals surface area contributed by atoms with Crippen LogP contribution in [-0.2, 0) is 5.41 Å². The SMILES string of the molecule is COc1ccnc(-n2ccc(C(C)(C)C)n2)c1. The van der Waals surface area contributed by atoms with Gasteiger partial charge in [-0.25, -0.2) is 9.67 Å². The van der Waals surface area contributed by atoms with Gasteiger partial charge in [-0.3, -0.25) is 0 Å². The van der Waals surface area contributed by atoms with E-state index < -0.39 is 0 Å². The number of rotatable bonds is 2. The average Bonchev–Trinajstić information content (AvgIpc) is 2.78. The summed E-state index contributed by atoms with van der Waals surface area (Å²) >= 11 is 0. The minimum atomic E-state index is 0.0458. The molecule has 0 aliphatic rings. The molecule has 0 amide bonds. The van der Waals surface area contributed by atoms with E-state index in [1.54, 1.807) is 18.0 Å². The fourth-order valence-electron chi connectivity index (χ4n) is 1.50. The van der Waals surface area contributed by atoms with Gasteiger partial charge in [-0.05, 0) is 12.1 Å². The van der Waals surface area contributed by atoms with Crippen LogP contribution in [0.2, 0.25) is 0 Å². The molecule has 90 valence electrons. The fraction of sp³-hybridized carbons (Fsp3) is 0.385. The Kier molecular flexibility index (Phi) is 2.88. The summed E-state index contributed by atoms with van der Waals surface area (Å²) < 4.78 is 6.94. The van der Waals surface area contributed by atoms with Gasteiger partial charge in [0.1, 0.15) is 5.75 Å². The van der Waals surface area contributed by atoms with Crippen molar-refractivity contribution in [1.82, 2.24) is 14.8 Å². The molecular formula is C13H17N3O. The Hall–Kier alpha value is -1.84. The number of aromatic nitrogens is 3. The van der Waals surface area contributed by atoms with Gasteiger partial charge >= 0.3 is 0 Å². The summed E-state index contributed by atoms with van der Waals surface area (Å²) in [6, 6.07) is 5.69. The highest BCUT2D eigenvalue weighted by atomic mass is 16.5. The lowest BCUT2D eigenvalue weighted by Gasteiger charge is -2.14. The molecule has 4 heteroatoms. The predicted octanol–water partition coefficient (Wildman–Crippen LogP) is 2.57. The maximum absolute atomic E-state index is 5.17. The van der Waals surface area contributed by atoms with Crippen LogP contribution in [-0.4, -0.2) is 21.9 Å². The molecule has 2 aromatic rings. The molecule has 4 nitrogen and oxygen atoms in total. The van der Waals surface area contributed by atoms with Gasteiger partial charge < -0.3 is 4.74 Å². The zero-order valence-corrected chi connectivity index (χ0v) is 10.6. The molecule has 2 heterocycles. The second-order valence-electron chi connectivity index (χ2n) is 4.95. The van der Waals surface area contributed by atoms with Crippen molar-refractivity contribution < 1.29 is 4.74 Å². The second kappa shape index (κ2) is 4.20. The van der Waals surface area contributed by atoms with Crippen LogP contribution in [0, 0.1) is 0 Å². The summed E-state index contributed by atoms with van der Waals surface area (Å²) in [6.07, 6.45) is 3.63. The first-order valence-electron chi connectivity index (χ1n) is 5.57. The summed E-state index contributed by atoms with van der Waals surface area (Å²) in [5, 5.41) is 4.53. The number of hydrogen-bond acceptors (Lipinski definition) is 3. The smallest absolute Gasteiger partial charge is 0.156 e. The minimum absolute atomic E-state index is 0.0458. The van der Waals surface area contributed by atoms with Crippen LogP contribution < -0.4 is 4.74 Å². The van der Waals surface area contributed by atoms with Crippen LogP contribution in [0.5, 0.6) is 5.75 Å². The van der Waals surface area contributed by atoms with Crippen LogP contribution in [0.15, 0.2) is 30.6 Å². The van der Waals surface area contributed by atoms with Crippen LogP contribution in [0.4, 0.5) is 0 Å². The van der Waals surface area contributed by atoms with E-state index in [9.17, 15) is 0 Å². The zero-order valence-electron chi connectivity index (χ0n) is 10.6. The van der Waals surface area contributed by atoms with E-state index in [2.05, 4.69) is 30.9 Å². The van der Waals surface area contributed by atoms with Gasteiger partial charge in [0.05, 0.1) is 12.8 Å². The van der Waals surface area contributed by atoms with E-state index >= 15 is 0 Å². The lowest BCUT2D eigenvalue weighted by atomic mass is 9.93. The van der Waals surface area contributed by atoms with Crippen molar-refractivity contribution in [1.29, 1.82) is 0 Å². The molecule has 0 unspecified atom stereocenters. The number of ether oxygens (including phenoxy) is 1. The van der Waals surface area contributed by atoms with Gasteiger partial charge in [0, 0.05) is 23.9 Å². The molecule has 17 heavy (non-hydrogen) atoms. The Morgan fingerprint density at radius 2 is 2.00 bits per heavy atom. The van der Waals surface area contributed by atoms with Gasteiger partial charge in [-0.15, -0.1) is 0 Å². The molecule has 0 aliphatic carbocycles. The first-order valence-corrected chi connectivity index (χ1v) is 5.57. The molecular weight excluding hydrogens is 214 g/mol. The molecule has 0 atom stereocenters. The number of hydrogen-bond donors (Lipinski definition) is 0. The molecule has 0 aromatic carbocycles. The molecule has 2 rings (SSSR count). The van der Waals surface area contributed by atoms with Crippen LogP contribution >= 0.6 is 0 Å². The van der Waals surface area contributed by atoms with Crippen molar-refractivity contribution in [3.8, 4) is 11.6 Å². The van der Waals surface area contributed by atoms with Crippen molar-refractivity contribution in [3.05, 3.63) is 36.3 Å². The Morgan fingerprint density at radius 3 is 2.59 bits per heavy atom. The average molecular weight is 231 g/mol. The molecule has 0 saturated heterocycles. The summed E-state index contributed by atoms with van der Waals surface area (Å²) in [5.74, 6) is 1.54. The minimum Gasteiger partial charge on any atom is -0.497 e. The molecule has 0 fully saturated rings. The number of methoxy groups -OCH3 is 1. The highest BCUT2D eigenvalue weighted by Crippen LogP contribution is 2.21. The third-order valence-corrected chi connectivity index (χ3v) is 2.54. The maximum Gasteiger partial charge on any atom is 0.156 e. The zero-order chi connectivity index (χ0) is 12.5. The summed E-state index contributed by atoms with van der Waals surface area (Å²) in [4.78, 5) is 4.27. The van der Waals surface area contributed by atoms with Gasteiger partial charge in [0.15, 0.2) is 5.82 Å². The Bertz CT molecular complexity index is 511. The monoisotopic (exact) mass is 231 g/mol. The molecule has 0 radical (unpaired) electrons. The van der Waals surface area contributed by atoms with Crippen molar-refractivity contribution >= 4 is 0 Å². The second-order valence-corrected chi connectivity index (χ2v) is 4.95. The standard InChI is InChI=1S/C13H17N3O/c1-13(2,3)11-6-8-16(15-11)12-9-10(17-4)5-7-14-12/h5-9H,1-4H3. The quantitative estimate of drug-likeness (QED) is 0.797. The van der Waals surface area contributed by atoms with E-state index in [0.717, 1.165) is 17.3 Å². The van der Waals surface area contributed by atoms with Crippen LogP contribution in [0.25, 0.3) is 5.82 Å².